The van der Waals surface area contributed by atoms with Gasteiger partial charge in [0, 0.05) is 25.3 Å². The minimum atomic E-state index is -0.794. The minimum Gasteiger partial charge on any atom is -0.480 e. The fourth-order valence-electron chi connectivity index (χ4n) is 2.25. The number of nitrogens with zero attached hydrogens (tertiary/aromatic N) is 2. The predicted molar refractivity (Wildman–Crippen MR) is 78.0 cm³/mol. The van der Waals surface area contributed by atoms with Crippen molar-refractivity contribution >= 4 is 11.7 Å². The molecule has 0 aromatic heterocycles. The standard InChI is InChI=1S/C15H22N2O3/c1-12(15(18)19)16(2)11-13-3-5-14(6-4-13)17-7-9-20-10-8-17/h3-6,12H,7-11H2,1-2H3,(H,18,19). The molecular weight excluding hydrogens is 256 g/mol. The fourth-order valence-corrected chi connectivity index (χ4v) is 2.25. The molecule has 1 aliphatic rings. The highest BCUT2D eigenvalue weighted by molar-refractivity contribution is 5.72. The molecule has 20 heavy (non-hydrogen) atoms. The Morgan fingerprint density at radius 1 is 1.35 bits per heavy atom. The topological polar surface area (TPSA) is 53.0 Å². The zero-order chi connectivity index (χ0) is 14.5. The molecule has 1 atom stereocenters. The summed E-state index contributed by atoms with van der Waals surface area (Å²) in [6, 6.07) is 7.85. The molecule has 1 aliphatic heterocycles. The van der Waals surface area contributed by atoms with E-state index in [1.807, 2.05) is 11.9 Å². The summed E-state index contributed by atoms with van der Waals surface area (Å²) >= 11 is 0. The summed E-state index contributed by atoms with van der Waals surface area (Å²) in [6.07, 6.45) is 0. The lowest BCUT2D eigenvalue weighted by atomic mass is 10.1. The van der Waals surface area contributed by atoms with E-state index in [9.17, 15) is 4.79 Å². The number of carboxylic acids is 1. The van der Waals surface area contributed by atoms with E-state index in [0.717, 1.165) is 31.9 Å². The normalized spacial score (nSPS) is 17.2. The van der Waals surface area contributed by atoms with Crippen LogP contribution < -0.4 is 4.90 Å². The molecule has 2 rings (SSSR count). The maximum atomic E-state index is 10.9. The van der Waals surface area contributed by atoms with E-state index < -0.39 is 12.0 Å². The molecule has 1 aromatic carbocycles. The average molecular weight is 278 g/mol. The van der Waals surface area contributed by atoms with Gasteiger partial charge in [-0.2, -0.15) is 0 Å². The number of hydrogen-bond donors (Lipinski definition) is 1. The molecule has 110 valence electrons. The van der Waals surface area contributed by atoms with Crippen LogP contribution >= 0.6 is 0 Å². The molecular formula is C15H22N2O3. The number of carboxylic acid groups (broad SMARTS) is 1. The largest absolute Gasteiger partial charge is 0.480 e. The van der Waals surface area contributed by atoms with Crippen LogP contribution in [0.15, 0.2) is 24.3 Å². The zero-order valence-corrected chi connectivity index (χ0v) is 12.1. The molecule has 1 unspecified atom stereocenters. The fraction of sp³-hybridized carbons (Fsp3) is 0.533. The minimum absolute atomic E-state index is 0.478. The van der Waals surface area contributed by atoms with E-state index in [4.69, 9.17) is 9.84 Å². The number of morpholine rings is 1. The summed E-state index contributed by atoms with van der Waals surface area (Å²) in [6.45, 7) is 5.74. The lowest BCUT2D eigenvalue weighted by molar-refractivity contribution is -0.142. The van der Waals surface area contributed by atoms with E-state index in [-0.39, 0.29) is 0 Å². The maximum absolute atomic E-state index is 10.9. The molecule has 0 spiro atoms. The van der Waals surface area contributed by atoms with Crippen LogP contribution in [0.2, 0.25) is 0 Å². The number of hydrogen-bond acceptors (Lipinski definition) is 4. The first-order chi connectivity index (χ1) is 9.58. The summed E-state index contributed by atoms with van der Waals surface area (Å²) in [5, 5.41) is 8.98. The third-order valence-corrected chi connectivity index (χ3v) is 3.76. The monoisotopic (exact) mass is 278 g/mol. The summed E-state index contributed by atoms with van der Waals surface area (Å²) in [7, 11) is 1.83. The number of benzene rings is 1. The summed E-state index contributed by atoms with van der Waals surface area (Å²) in [4.78, 5) is 15.1. The number of ether oxygens (including phenoxy) is 1. The van der Waals surface area contributed by atoms with Gasteiger partial charge in [-0.3, -0.25) is 9.69 Å². The molecule has 0 saturated carbocycles. The molecule has 1 saturated heterocycles. The van der Waals surface area contributed by atoms with Crippen LogP contribution in [0.25, 0.3) is 0 Å². The van der Waals surface area contributed by atoms with Crippen molar-refractivity contribution in [1.82, 2.24) is 4.90 Å². The highest BCUT2D eigenvalue weighted by Gasteiger charge is 2.17. The number of anilines is 1. The van der Waals surface area contributed by atoms with E-state index >= 15 is 0 Å². The molecule has 0 radical (unpaired) electrons. The van der Waals surface area contributed by atoms with Crippen molar-refractivity contribution in [3.8, 4) is 0 Å². The van der Waals surface area contributed by atoms with E-state index in [1.165, 1.54) is 5.69 Å². The first-order valence-corrected chi connectivity index (χ1v) is 6.92. The second kappa shape index (κ2) is 6.72. The molecule has 5 nitrogen and oxygen atoms in total. The number of likely N-dealkylation sites (N-methyl/N-ethyl adjacent to an activating group) is 1. The first kappa shape index (κ1) is 14.8. The van der Waals surface area contributed by atoms with Crippen molar-refractivity contribution in [3.63, 3.8) is 0 Å². The van der Waals surface area contributed by atoms with Gasteiger partial charge in [-0.25, -0.2) is 0 Å². The van der Waals surface area contributed by atoms with Crippen molar-refractivity contribution in [3.05, 3.63) is 29.8 Å². The molecule has 1 N–H and O–H groups in total. The molecule has 1 fully saturated rings. The summed E-state index contributed by atoms with van der Waals surface area (Å²) < 4.78 is 5.34. The second-order valence-corrected chi connectivity index (χ2v) is 5.20. The molecule has 0 amide bonds. The Hall–Kier alpha value is -1.59. The SMILES string of the molecule is CC(C(=O)O)N(C)Cc1ccc(N2CCOCC2)cc1. The molecule has 0 aliphatic carbocycles. The van der Waals surface area contributed by atoms with Gasteiger partial charge in [-0.15, -0.1) is 0 Å². The van der Waals surface area contributed by atoms with Gasteiger partial charge in [0.05, 0.1) is 13.2 Å². The van der Waals surface area contributed by atoms with Crippen molar-refractivity contribution in [1.29, 1.82) is 0 Å². The van der Waals surface area contributed by atoms with Crippen molar-refractivity contribution < 1.29 is 14.6 Å². The van der Waals surface area contributed by atoms with Crippen LogP contribution in [-0.4, -0.2) is 55.4 Å². The van der Waals surface area contributed by atoms with Gasteiger partial charge in [-0.1, -0.05) is 12.1 Å². The van der Waals surface area contributed by atoms with Crippen LogP contribution in [-0.2, 0) is 16.1 Å². The Kier molecular flexibility index (Phi) is 4.98. The Morgan fingerprint density at radius 2 is 1.95 bits per heavy atom. The van der Waals surface area contributed by atoms with Crippen molar-refractivity contribution in [2.75, 3.05) is 38.3 Å². The zero-order valence-electron chi connectivity index (χ0n) is 12.1. The molecule has 1 heterocycles. The van der Waals surface area contributed by atoms with Gasteiger partial charge in [0.25, 0.3) is 0 Å². The van der Waals surface area contributed by atoms with E-state index in [2.05, 4.69) is 29.2 Å². The van der Waals surface area contributed by atoms with E-state index in [0.29, 0.717) is 6.54 Å². The van der Waals surface area contributed by atoms with Crippen LogP contribution in [0.1, 0.15) is 12.5 Å². The van der Waals surface area contributed by atoms with Crippen molar-refractivity contribution in [2.45, 2.75) is 19.5 Å². The number of rotatable bonds is 5. The lowest BCUT2D eigenvalue weighted by Gasteiger charge is -2.29. The maximum Gasteiger partial charge on any atom is 0.320 e. The Morgan fingerprint density at radius 3 is 2.50 bits per heavy atom. The first-order valence-electron chi connectivity index (χ1n) is 6.92. The second-order valence-electron chi connectivity index (χ2n) is 5.20. The predicted octanol–water partition coefficient (Wildman–Crippen LogP) is 1.43. The van der Waals surface area contributed by atoms with Crippen LogP contribution in [0.4, 0.5) is 5.69 Å². The van der Waals surface area contributed by atoms with Crippen LogP contribution in [0.5, 0.6) is 0 Å². The highest BCUT2D eigenvalue weighted by Crippen LogP contribution is 2.17. The third kappa shape index (κ3) is 3.71. The molecule has 0 bridgehead atoms. The Balaban J connectivity index is 1.95. The van der Waals surface area contributed by atoms with E-state index in [1.54, 1.807) is 6.92 Å². The Bertz CT molecular complexity index is 441. The quantitative estimate of drug-likeness (QED) is 0.883. The summed E-state index contributed by atoms with van der Waals surface area (Å²) in [5.41, 5.74) is 2.32. The van der Waals surface area contributed by atoms with Crippen LogP contribution in [0, 0.1) is 0 Å². The Labute approximate surface area is 119 Å². The van der Waals surface area contributed by atoms with Crippen LogP contribution in [0.3, 0.4) is 0 Å². The van der Waals surface area contributed by atoms with Gasteiger partial charge in [0.2, 0.25) is 0 Å². The number of aliphatic carboxylic acids is 1. The van der Waals surface area contributed by atoms with Crippen molar-refractivity contribution in [2.24, 2.45) is 0 Å². The van der Waals surface area contributed by atoms with Gasteiger partial charge >= 0.3 is 5.97 Å². The lowest BCUT2D eigenvalue weighted by Crippen LogP contribution is -2.36. The van der Waals surface area contributed by atoms with Gasteiger partial charge in [0.15, 0.2) is 0 Å². The van der Waals surface area contributed by atoms with Gasteiger partial charge in [-0.05, 0) is 31.7 Å². The smallest absolute Gasteiger partial charge is 0.320 e. The third-order valence-electron chi connectivity index (χ3n) is 3.76. The number of carbonyl (C=O) groups is 1. The van der Waals surface area contributed by atoms with Gasteiger partial charge < -0.3 is 14.7 Å². The molecule has 1 aromatic rings. The summed E-state index contributed by atoms with van der Waals surface area (Å²) in [5.74, 6) is -0.794. The van der Waals surface area contributed by atoms with Gasteiger partial charge in [0.1, 0.15) is 6.04 Å². The average Bonchev–Trinajstić information content (AvgIpc) is 2.48. The molecule has 5 heteroatoms. The highest BCUT2D eigenvalue weighted by atomic mass is 16.5.